The topological polar surface area (TPSA) is 55.4 Å². The normalized spacial score (nSPS) is 16.1. The fraction of sp³-hybridized carbons (Fsp3) is 0.800. The number of carbonyl (C=O) groups excluding carboxylic acids is 2. The van der Waals surface area contributed by atoms with E-state index in [4.69, 9.17) is 11.6 Å². The summed E-state index contributed by atoms with van der Waals surface area (Å²) < 4.78 is 4.61. The molecule has 3 atom stereocenters. The lowest BCUT2D eigenvalue weighted by Crippen LogP contribution is -2.42. The van der Waals surface area contributed by atoms with Gasteiger partial charge in [-0.3, -0.25) is 4.79 Å². The molecule has 0 aliphatic carbocycles. The Balaban J connectivity index is 4.21. The second-order valence-electron chi connectivity index (χ2n) is 3.49. The number of nitrogens with one attached hydrogen (secondary N) is 1. The van der Waals surface area contributed by atoms with Crippen molar-refractivity contribution in [2.24, 2.45) is 0 Å². The molecule has 94 valence electrons. The van der Waals surface area contributed by atoms with Gasteiger partial charge >= 0.3 is 5.97 Å². The summed E-state index contributed by atoms with van der Waals surface area (Å²) in [5.41, 5.74) is 0. The molecule has 0 radical (unpaired) electrons. The van der Waals surface area contributed by atoms with Gasteiger partial charge in [-0.2, -0.15) is 11.8 Å². The summed E-state index contributed by atoms with van der Waals surface area (Å²) in [6.45, 7) is 5.24. The smallest absolute Gasteiger partial charge is 0.329 e. The second kappa shape index (κ2) is 7.79. The van der Waals surface area contributed by atoms with Gasteiger partial charge < -0.3 is 10.1 Å². The van der Waals surface area contributed by atoms with Crippen molar-refractivity contribution in [1.29, 1.82) is 0 Å². The zero-order chi connectivity index (χ0) is 12.7. The summed E-state index contributed by atoms with van der Waals surface area (Å²) in [5.74, 6) is -0.218. The number of halogens is 1. The molecule has 1 N–H and O–H groups in total. The molecule has 1 amide bonds. The molecule has 3 unspecified atom stereocenters. The molecular formula is C10H18ClNO3S. The molecule has 0 aromatic rings. The number of hydrogen-bond acceptors (Lipinski definition) is 4. The summed E-state index contributed by atoms with van der Waals surface area (Å²) >= 11 is 7.44. The fourth-order valence-corrected chi connectivity index (χ4v) is 2.14. The maximum absolute atomic E-state index is 11.3. The fourth-order valence-electron chi connectivity index (χ4n) is 0.937. The van der Waals surface area contributed by atoms with Crippen molar-refractivity contribution in [3.63, 3.8) is 0 Å². The summed E-state index contributed by atoms with van der Waals surface area (Å²) in [6, 6.07) is -0.606. The SMILES string of the molecule is COC(=O)C(CSC(C)C(C)Cl)NC(C)=O. The number of esters is 1. The number of amides is 1. The molecule has 4 nitrogen and oxygen atoms in total. The van der Waals surface area contributed by atoms with Crippen LogP contribution in [-0.2, 0) is 14.3 Å². The van der Waals surface area contributed by atoms with Crippen molar-refractivity contribution in [3.8, 4) is 0 Å². The van der Waals surface area contributed by atoms with Gasteiger partial charge in [0.15, 0.2) is 0 Å². The molecule has 0 fully saturated rings. The third kappa shape index (κ3) is 6.23. The largest absolute Gasteiger partial charge is 0.467 e. The van der Waals surface area contributed by atoms with Gasteiger partial charge in [0.05, 0.1) is 7.11 Å². The predicted octanol–water partition coefficient (Wildman–Crippen LogP) is 1.41. The van der Waals surface area contributed by atoms with Gasteiger partial charge in [0.1, 0.15) is 6.04 Å². The minimum Gasteiger partial charge on any atom is -0.467 e. The van der Waals surface area contributed by atoms with Crippen LogP contribution in [0.3, 0.4) is 0 Å². The number of hydrogen-bond donors (Lipinski definition) is 1. The van der Waals surface area contributed by atoms with E-state index in [1.54, 1.807) is 0 Å². The molecule has 0 aromatic heterocycles. The molecule has 0 spiro atoms. The lowest BCUT2D eigenvalue weighted by molar-refractivity contribution is -0.144. The zero-order valence-corrected chi connectivity index (χ0v) is 11.5. The third-order valence-electron chi connectivity index (χ3n) is 2.04. The quantitative estimate of drug-likeness (QED) is 0.584. The Labute approximate surface area is 105 Å². The molecule has 0 aliphatic rings. The van der Waals surface area contributed by atoms with E-state index in [2.05, 4.69) is 10.1 Å². The highest BCUT2D eigenvalue weighted by atomic mass is 35.5. The van der Waals surface area contributed by atoms with E-state index < -0.39 is 12.0 Å². The predicted molar refractivity (Wildman–Crippen MR) is 66.9 cm³/mol. The monoisotopic (exact) mass is 267 g/mol. The van der Waals surface area contributed by atoms with E-state index in [9.17, 15) is 9.59 Å². The van der Waals surface area contributed by atoms with E-state index >= 15 is 0 Å². The number of alkyl halides is 1. The first-order valence-electron chi connectivity index (χ1n) is 4.99. The summed E-state index contributed by atoms with van der Waals surface area (Å²) in [5, 5.41) is 2.77. The number of carbonyl (C=O) groups is 2. The number of rotatable bonds is 6. The molecule has 6 heteroatoms. The van der Waals surface area contributed by atoms with Crippen molar-refractivity contribution in [1.82, 2.24) is 5.32 Å². The number of ether oxygens (including phenoxy) is 1. The molecule has 0 saturated carbocycles. The highest BCUT2D eigenvalue weighted by Gasteiger charge is 2.22. The van der Waals surface area contributed by atoms with Crippen LogP contribution in [0.2, 0.25) is 0 Å². The number of methoxy groups -OCH3 is 1. The standard InChI is InChI=1S/C10H18ClNO3S/c1-6(11)7(2)16-5-9(10(14)15-4)12-8(3)13/h6-7,9H,5H2,1-4H3,(H,12,13). The highest BCUT2D eigenvalue weighted by Crippen LogP contribution is 2.19. The zero-order valence-electron chi connectivity index (χ0n) is 9.95. The molecule has 16 heavy (non-hydrogen) atoms. The van der Waals surface area contributed by atoms with Gasteiger partial charge in [-0.25, -0.2) is 4.79 Å². The van der Waals surface area contributed by atoms with Crippen LogP contribution in [0.4, 0.5) is 0 Å². The molecule has 0 rings (SSSR count). The van der Waals surface area contributed by atoms with Crippen LogP contribution in [0, 0.1) is 0 Å². The van der Waals surface area contributed by atoms with Crippen LogP contribution in [-0.4, -0.2) is 41.4 Å². The average molecular weight is 268 g/mol. The lowest BCUT2D eigenvalue weighted by Gasteiger charge is -2.18. The molecule has 0 aliphatic heterocycles. The van der Waals surface area contributed by atoms with E-state index in [1.165, 1.54) is 25.8 Å². The summed E-state index contributed by atoms with van der Waals surface area (Å²) in [6.07, 6.45) is 0. The second-order valence-corrected chi connectivity index (χ2v) is 5.59. The van der Waals surface area contributed by atoms with Crippen molar-refractivity contribution in [2.75, 3.05) is 12.9 Å². The van der Waals surface area contributed by atoms with Crippen LogP contribution in [0.5, 0.6) is 0 Å². The Morgan fingerprint density at radius 2 is 2.00 bits per heavy atom. The maximum atomic E-state index is 11.3. The Morgan fingerprint density at radius 1 is 1.44 bits per heavy atom. The highest BCUT2D eigenvalue weighted by molar-refractivity contribution is 8.00. The van der Waals surface area contributed by atoms with E-state index in [-0.39, 0.29) is 16.5 Å². The van der Waals surface area contributed by atoms with Crippen molar-refractivity contribution in [2.45, 2.75) is 37.4 Å². The first kappa shape index (κ1) is 15.6. The summed E-state index contributed by atoms with van der Waals surface area (Å²) in [4.78, 5) is 22.2. The Kier molecular flexibility index (Phi) is 7.58. The maximum Gasteiger partial charge on any atom is 0.329 e. The van der Waals surface area contributed by atoms with Gasteiger partial charge in [-0.05, 0) is 6.92 Å². The van der Waals surface area contributed by atoms with Gasteiger partial charge in [0.25, 0.3) is 0 Å². The molecular weight excluding hydrogens is 250 g/mol. The third-order valence-corrected chi connectivity index (χ3v) is 4.02. The van der Waals surface area contributed by atoms with Gasteiger partial charge in [0.2, 0.25) is 5.91 Å². The van der Waals surface area contributed by atoms with Gasteiger partial charge in [-0.15, -0.1) is 11.6 Å². The molecule has 0 bridgehead atoms. The average Bonchev–Trinajstić information content (AvgIpc) is 2.21. The minimum atomic E-state index is -0.606. The van der Waals surface area contributed by atoms with Crippen molar-refractivity contribution in [3.05, 3.63) is 0 Å². The molecule has 0 heterocycles. The van der Waals surface area contributed by atoms with Crippen LogP contribution in [0.15, 0.2) is 0 Å². The Bertz CT molecular complexity index is 248. The van der Waals surface area contributed by atoms with Crippen LogP contribution in [0.25, 0.3) is 0 Å². The first-order chi connectivity index (χ1) is 7.38. The van der Waals surface area contributed by atoms with E-state index in [0.717, 1.165) is 0 Å². The minimum absolute atomic E-state index is 0.0145. The first-order valence-corrected chi connectivity index (χ1v) is 6.47. The Hall–Kier alpha value is -0.420. The van der Waals surface area contributed by atoms with Crippen molar-refractivity contribution >= 4 is 35.2 Å². The molecule has 0 aromatic carbocycles. The summed E-state index contributed by atoms with van der Waals surface area (Å²) in [7, 11) is 1.30. The Morgan fingerprint density at radius 3 is 2.38 bits per heavy atom. The molecule has 0 saturated heterocycles. The van der Waals surface area contributed by atoms with Crippen LogP contribution in [0.1, 0.15) is 20.8 Å². The van der Waals surface area contributed by atoms with Gasteiger partial charge in [0, 0.05) is 23.3 Å². The lowest BCUT2D eigenvalue weighted by atomic mass is 10.3. The van der Waals surface area contributed by atoms with E-state index in [0.29, 0.717) is 5.75 Å². The van der Waals surface area contributed by atoms with Gasteiger partial charge in [-0.1, -0.05) is 6.92 Å². The van der Waals surface area contributed by atoms with E-state index in [1.807, 2.05) is 13.8 Å². The van der Waals surface area contributed by atoms with Crippen molar-refractivity contribution < 1.29 is 14.3 Å². The van der Waals surface area contributed by atoms with Crippen LogP contribution < -0.4 is 5.32 Å². The van der Waals surface area contributed by atoms with Crippen LogP contribution >= 0.6 is 23.4 Å². The number of thioether (sulfide) groups is 1.